The minimum atomic E-state index is 1.12. The normalized spacial score (nSPS) is 12.8. The third kappa shape index (κ3) is 2.80. The molecule has 0 amide bonds. The van der Waals surface area contributed by atoms with Crippen LogP contribution in [-0.4, -0.2) is 0 Å². The van der Waals surface area contributed by atoms with Crippen LogP contribution in [-0.2, 0) is 6.42 Å². The summed E-state index contributed by atoms with van der Waals surface area (Å²) in [5.41, 5.74) is 9.68. The SMILES string of the molecule is CCCC1=Cc2c(cccc2-c2ccc(-c3ccccc3)cc2)C1. The van der Waals surface area contributed by atoms with E-state index in [1.807, 2.05) is 0 Å². The zero-order chi connectivity index (χ0) is 16.4. The Morgan fingerprint density at radius 2 is 1.42 bits per heavy atom. The number of hydrogen-bond donors (Lipinski definition) is 0. The molecule has 0 nitrogen and oxygen atoms in total. The van der Waals surface area contributed by atoms with Crippen molar-refractivity contribution >= 4 is 6.08 Å². The van der Waals surface area contributed by atoms with Gasteiger partial charge in [0.1, 0.15) is 0 Å². The van der Waals surface area contributed by atoms with Gasteiger partial charge in [-0.3, -0.25) is 0 Å². The zero-order valence-corrected chi connectivity index (χ0v) is 14.1. The van der Waals surface area contributed by atoms with Gasteiger partial charge in [0.15, 0.2) is 0 Å². The Bertz CT molecular complexity index is 868. The minimum Gasteiger partial charge on any atom is -0.0652 e. The van der Waals surface area contributed by atoms with Gasteiger partial charge in [-0.25, -0.2) is 0 Å². The lowest BCUT2D eigenvalue weighted by atomic mass is 9.95. The van der Waals surface area contributed by atoms with Crippen LogP contribution >= 0.6 is 0 Å². The zero-order valence-electron chi connectivity index (χ0n) is 14.1. The Hall–Kier alpha value is -2.60. The smallest absolute Gasteiger partial charge is 0.00576 e. The molecule has 3 aromatic carbocycles. The van der Waals surface area contributed by atoms with Crippen molar-refractivity contribution < 1.29 is 0 Å². The molecule has 0 aromatic heterocycles. The number of allylic oxidation sites excluding steroid dienone is 1. The lowest BCUT2D eigenvalue weighted by Crippen LogP contribution is -1.88. The number of benzene rings is 3. The molecule has 0 aliphatic heterocycles. The van der Waals surface area contributed by atoms with Crippen molar-refractivity contribution in [3.8, 4) is 22.3 Å². The second-order valence-electron chi connectivity index (χ2n) is 6.55. The summed E-state index contributed by atoms with van der Waals surface area (Å²) in [6.45, 7) is 2.26. The maximum atomic E-state index is 2.42. The van der Waals surface area contributed by atoms with Crippen molar-refractivity contribution in [1.29, 1.82) is 0 Å². The summed E-state index contributed by atoms with van der Waals surface area (Å²) >= 11 is 0. The Kier molecular flexibility index (Phi) is 4.04. The van der Waals surface area contributed by atoms with E-state index >= 15 is 0 Å². The summed E-state index contributed by atoms with van der Waals surface area (Å²) in [5, 5.41) is 0. The third-order valence-electron chi connectivity index (χ3n) is 4.84. The average Bonchev–Trinajstić information content (AvgIpc) is 3.05. The third-order valence-corrected chi connectivity index (χ3v) is 4.84. The molecule has 0 radical (unpaired) electrons. The van der Waals surface area contributed by atoms with Crippen LogP contribution in [0, 0.1) is 0 Å². The summed E-state index contributed by atoms with van der Waals surface area (Å²) in [6, 6.07) is 26.3. The van der Waals surface area contributed by atoms with Gasteiger partial charge in [0.25, 0.3) is 0 Å². The van der Waals surface area contributed by atoms with E-state index in [9.17, 15) is 0 Å². The van der Waals surface area contributed by atoms with Gasteiger partial charge >= 0.3 is 0 Å². The molecule has 118 valence electrons. The fourth-order valence-corrected chi connectivity index (χ4v) is 3.64. The fourth-order valence-electron chi connectivity index (χ4n) is 3.64. The summed E-state index contributed by atoms with van der Waals surface area (Å²) in [5.74, 6) is 0. The van der Waals surface area contributed by atoms with Crippen LogP contribution in [0.3, 0.4) is 0 Å². The van der Waals surface area contributed by atoms with Crippen LogP contribution < -0.4 is 0 Å². The van der Waals surface area contributed by atoms with Gasteiger partial charge in [-0.1, -0.05) is 97.8 Å². The highest BCUT2D eigenvalue weighted by atomic mass is 14.2. The van der Waals surface area contributed by atoms with Gasteiger partial charge in [-0.2, -0.15) is 0 Å². The molecule has 0 bridgehead atoms. The molecule has 0 heterocycles. The molecule has 0 heteroatoms. The molecule has 0 saturated heterocycles. The first-order chi connectivity index (χ1) is 11.8. The van der Waals surface area contributed by atoms with Crippen LogP contribution in [0.4, 0.5) is 0 Å². The highest BCUT2D eigenvalue weighted by Gasteiger charge is 2.15. The van der Waals surface area contributed by atoms with E-state index in [-0.39, 0.29) is 0 Å². The van der Waals surface area contributed by atoms with Crippen molar-refractivity contribution in [1.82, 2.24) is 0 Å². The van der Waals surface area contributed by atoms with E-state index in [1.165, 1.54) is 46.2 Å². The maximum absolute atomic E-state index is 2.42. The van der Waals surface area contributed by atoms with E-state index in [0.29, 0.717) is 0 Å². The molecule has 0 atom stereocenters. The average molecular weight is 310 g/mol. The Morgan fingerprint density at radius 3 is 2.17 bits per heavy atom. The molecule has 24 heavy (non-hydrogen) atoms. The molecule has 1 aliphatic carbocycles. The van der Waals surface area contributed by atoms with Crippen LogP contribution in [0.5, 0.6) is 0 Å². The fraction of sp³-hybridized carbons (Fsp3) is 0.167. The Morgan fingerprint density at radius 1 is 0.708 bits per heavy atom. The van der Waals surface area contributed by atoms with Crippen molar-refractivity contribution in [2.45, 2.75) is 26.2 Å². The van der Waals surface area contributed by atoms with E-state index in [0.717, 1.165) is 6.42 Å². The second-order valence-corrected chi connectivity index (χ2v) is 6.55. The summed E-state index contributed by atoms with van der Waals surface area (Å²) in [4.78, 5) is 0. The standard InChI is InChI=1S/C24H22/c1-2-7-18-16-22-10-6-11-23(24(22)17-18)21-14-12-20(13-15-21)19-8-4-3-5-9-19/h3-6,8-15,17H,2,7,16H2,1H3. The van der Waals surface area contributed by atoms with E-state index in [4.69, 9.17) is 0 Å². The topological polar surface area (TPSA) is 0 Å². The Balaban J connectivity index is 1.70. The molecule has 0 fully saturated rings. The lowest BCUT2D eigenvalue weighted by Gasteiger charge is -2.09. The Labute approximate surface area is 144 Å². The summed E-state index contributed by atoms with van der Waals surface area (Å²) < 4.78 is 0. The van der Waals surface area contributed by atoms with E-state index < -0.39 is 0 Å². The first-order valence-electron chi connectivity index (χ1n) is 8.82. The monoisotopic (exact) mass is 310 g/mol. The molecule has 3 aromatic rings. The number of fused-ring (bicyclic) bond motifs is 1. The van der Waals surface area contributed by atoms with Crippen LogP contribution in [0.25, 0.3) is 28.3 Å². The van der Waals surface area contributed by atoms with Gasteiger partial charge < -0.3 is 0 Å². The number of rotatable bonds is 4. The molecular formula is C24H22. The molecule has 0 saturated carbocycles. The molecule has 0 N–H and O–H groups in total. The first-order valence-corrected chi connectivity index (χ1v) is 8.82. The highest BCUT2D eigenvalue weighted by molar-refractivity contribution is 5.81. The van der Waals surface area contributed by atoms with Crippen LogP contribution in [0.2, 0.25) is 0 Å². The predicted octanol–water partition coefficient (Wildman–Crippen LogP) is 6.76. The van der Waals surface area contributed by atoms with Crippen molar-refractivity contribution in [3.05, 3.63) is 89.5 Å². The number of hydrogen-bond acceptors (Lipinski definition) is 0. The predicted molar refractivity (Wildman–Crippen MR) is 104 cm³/mol. The quantitative estimate of drug-likeness (QED) is 0.499. The molecule has 0 unspecified atom stereocenters. The van der Waals surface area contributed by atoms with E-state index in [2.05, 4.69) is 85.8 Å². The van der Waals surface area contributed by atoms with Crippen LogP contribution in [0.15, 0.2) is 78.4 Å². The lowest BCUT2D eigenvalue weighted by molar-refractivity contribution is 0.886. The van der Waals surface area contributed by atoms with Gasteiger partial charge in [-0.05, 0) is 46.2 Å². The largest absolute Gasteiger partial charge is 0.0652 e. The highest BCUT2D eigenvalue weighted by Crippen LogP contribution is 2.36. The van der Waals surface area contributed by atoms with Crippen molar-refractivity contribution in [2.24, 2.45) is 0 Å². The molecular weight excluding hydrogens is 288 g/mol. The van der Waals surface area contributed by atoms with Crippen molar-refractivity contribution in [3.63, 3.8) is 0 Å². The summed E-state index contributed by atoms with van der Waals surface area (Å²) in [7, 11) is 0. The summed E-state index contributed by atoms with van der Waals surface area (Å²) in [6.07, 6.45) is 5.97. The first kappa shape index (κ1) is 15.0. The minimum absolute atomic E-state index is 1.12. The van der Waals surface area contributed by atoms with Gasteiger partial charge in [0.2, 0.25) is 0 Å². The maximum Gasteiger partial charge on any atom is -0.00576 e. The van der Waals surface area contributed by atoms with Gasteiger partial charge in [-0.15, -0.1) is 0 Å². The van der Waals surface area contributed by atoms with Gasteiger partial charge in [0.05, 0.1) is 0 Å². The molecule has 1 aliphatic rings. The van der Waals surface area contributed by atoms with E-state index in [1.54, 1.807) is 5.57 Å². The molecule has 0 spiro atoms. The van der Waals surface area contributed by atoms with Crippen molar-refractivity contribution in [2.75, 3.05) is 0 Å². The second kappa shape index (κ2) is 6.49. The van der Waals surface area contributed by atoms with Gasteiger partial charge in [0, 0.05) is 0 Å². The molecule has 4 rings (SSSR count). The van der Waals surface area contributed by atoms with Crippen LogP contribution in [0.1, 0.15) is 30.9 Å².